The molecule has 0 radical (unpaired) electrons. The summed E-state index contributed by atoms with van der Waals surface area (Å²) in [7, 11) is 1.29. The predicted molar refractivity (Wildman–Crippen MR) is 97.3 cm³/mol. The van der Waals surface area contributed by atoms with E-state index in [1.165, 1.54) is 25.3 Å². The summed E-state index contributed by atoms with van der Waals surface area (Å²) >= 11 is 0. The minimum atomic E-state index is -0.642. The molecule has 2 aromatic rings. The summed E-state index contributed by atoms with van der Waals surface area (Å²) in [5.41, 5.74) is 0.657. The highest BCUT2D eigenvalue weighted by Crippen LogP contribution is 2.43. The quantitative estimate of drug-likeness (QED) is 0.562. The van der Waals surface area contributed by atoms with E-state index in [2.05, 4.69) is 0 Å². The van der Waals surface area contributed by atoms with E-state index in [1.54, 1.807) is 19.1 Å². The number of esters is 1. The molecule has 0 bridgehead atoms. The molecule has 142 valence electrons. The van der Waals surface area contributed by atoms with Gasteiger partial charge in [-0.3, -0.25) is 4.79 Å². The van der Waals surface area contributed by atoms with Crippen LogP contribution in [0.5, 0.6) is 17.2 Å². The average molecular weight is 372 g/mol. The van der Waals surface area contributed by atoms with Crippen molar-refractivity contribution in [3.8, 4) is 17.2 Å². The van der Waals surface area contributed by atoms with Gasteiger partial charge in [0.05, 0.1) is 18.2 Å². The number of ketones is 1. The lowest BCUT2D eigenvalue weighted by Crippen LogP contribution is -2.24. The van der Waals surface area contributed by atoms with Gasteiger partial charge in [0.15, 0.2) is 5.78 Å². The maximum atomic E-state index is 14.2. The molecule has 1 heterocycles. The van der Waals surface area contributed by atoms with Crippen LogP contribution in [0, 0.1) is 5.82 Å². The zero-order valence-electron chi connectivity index (χ0n) is 15.7. The van der Waals surface area contributed by atoms with Crippen LogP contribution in [-0.4, -0.2) is 24.5 Å². The molecule has 0 saturated heterocycles. The summed E-state index contributed by atoms with van der Waals surface area (Å²) in [6, 6.07) is 7.28. The summed E-state index contributed by atoms with van der Waals surface area (Å²) < 4.78 is 30.8. The standard InChI is InChI=1S/C21H21FO5/c1-5-17(23)14-7-6-13(10-16(14)22)26-18-8-12(20(24)25-4)9-19-15(18)11-21(2,3)27-19/h6-10H,5,11H2,1-4H3. The van der Waals surface area contributed by atoms with E-state index < -0.39 is 17.4 Å². The van der Waals surface area contributed by atoms with Gasteiger partial charge < -0.3 is 14.2 Å². The van der Waals surface area contributed by atoms with Gasteiger partial charge in [0.25, 0.3) is 0 Å². The predicted octanol–water partition coefficient (Wildman–Crippen LogP) is 4.71. The number of methoxy groups -OCH3 is 1. The molecule has 0 atom stereocenters. The van der Waals surface area contributed by atoms with Crippen LogP contribution in [0.4, 0.5) is 4.39 Å². The average Bonchev–Trinajstić information content (AvgIpc) is 2.94. The molecule has 0 unspecified atom stereocenters. The number of hydrogen-bond acceptors (Lipinski definition) is 5. The van der Waals surface area contributed by atoms with Crippen molar-refractivity contribution in [3.63, 3.8) is 0 Å². The van der Waals surface area contributed by atoms with Crippen LogP contribution in [0.15, 0.2) is 30.3 Å². The maximum Gasteiger partial charge on any atom is 0.338 e. The summed E-state index contributed by atoms with van der Waals surface area (Å²) in [6.07, 6.45) is 0.798. The van der Waals surface area contributed by atoms with Gasteiger partial charge in [0.1, 0.15) is 28.7 Å². The Bertz CT molecular complexity index is 917. The van der Waals surface area contributed by atoms with Crippen molar-refractivity contribution < 1.29 is 28.2 Å². The molecule has 27 heavy (non-hydrogen) atoms. The van der Waals surface area contributed by atoms with E-state index in [1.807, 2.05) is 13.8 Å². The van der Waals surface area contributed by atoms with Crippen molar-refractivity contribution in [1.29, 1.82) is 0 Å². The fourth-order valence-corrected chi connectivity index (χ4v) is 3.07. The molecule has 2 aromatic carbocycles. The Morgan fingerprint density at radius 3 is 2.59 bits per heavy atom. The lowest BCUT2D eigenvalue weighted by Gasteiger charge is -2.16. The molecule has 0 amide bonds. The Balaban J connectivity index is 2.00. The van der Waals surface area contributed by atoms with Crippen molar-refractivity contribution >= 4 is 11.8 Å². The number of carbonyl (C=O) groups is 2. The largest absolute Gasteiger partial charge is 0.487 e. The summed E-state index contributed by atoms with van der Waals surface area (Å²) in [6.45, 7) is 5.54. The Morgan fingerprint density at radius 2 is 1.96 bits per heavy atom. The van der Waals surface area contributed by atoms with E-state index in [0.29, 0.717) is 17.9 Å². The second kappa shape index (κ2) is 7.02. The molecule has 0 spiro atoms. The first kappa shape index (κ1) is 18.9. The van der Waals surface area contributed by atoms with Crippen molar-refractivity contribution in [1.82, 2.24) is 0 Å². The van der Waals surface area contributed by atoms with Crippen LogP contribution < -0.4 is 9.47 Å². The van der Waals surface area contributed by atoms with Crippen molar-refractivity contribution in [2.75, 3.05) is 7.11 Å². The van der Waals surface area contributed by atoms with Gasteiger partial charge in [-0.1, -0.05) is 6.92 Å². The summed E-state index contributed by atoms with van der Waals surface area (Å²) in [5, 5.41) is 0. The third-order valence-electron chi connectivity index (χ3n) is 4.37. The van der Waals surface area contributed by atoms with Crippen LogP contribution >= 0.6 is 0 Å². The molecule has 3 rings (SSSR count). The molecule has 0 aromatic heterocycles. The smallest absolute Gasteiger partial charge is 0.338 e. The first-order chi connectivity index (χ1) is 12.7. The highest BCUT2D eigenvalue weighted by atomic mass is 19.1. The van der Waals surface area contributed by atoms with Gasteiger partial charge in [-0.2, -0.15) is 0 Å². The zero-order valence-corrected chi connectivity index (χ0v) is 15.7. The highest BCUT2D eigenvalue weighted by molar-refractivity contribution is 5.96. The molecule has 0 fully saturated rings. The monoisotopic (exact) mass is 372 g/mol. The first-order valence-electron chi connectivity index (χ1n) is 8.69. The zero-order chi connectivity index (χ0) is 19.8. The summed E-state index contributed by atoms with van der Waals surface area (Å²) in [4.78, 5) is 23.7. The van der Waals surface area contributed by atoms with E-state index in [9.17, 15) is 14.0 Å². The second-order valence-electron chi connectivity index (χ2n) is 7.00. The van der Waals surface area contributed by atoms with Crippen molar-refractivity contribution in [2.24, 2.45) is 0 Å². The topological polar surface area (TPSA) is 61.8 Å². The van der Waals surface area contributed by atoms with Gasteiger partial charge in [0.2, 0.25) is 0 Å². The Hall–Kier alpha value is -2.89. The van der Waals surface area contributed by atoms with E-state index in [-0.39, 0.29) is 29.1 Å². The van der Waals surface area contributed by atoms with E-state index >= 15 is 0 Å². The number of Topliss-reactive ketones (excluding diaryl/α,β-unsaturated/α-hetero) is 1. The molecule has 0 N–H and O–H groups in total. The third-order valence-corrected chi connectivity index (χ3v) is 4.37. The van der Waals surface area contributed by atoms with Crippen LogP contribution in [0.1, 0.15) is 53.5 Å². The first-order valence-corrected chi connectivity index (χ1v) is 8.69. The molecule has 0 aliphatic carbocycles. The number of fused-ring (bicyclic) bond motifs is 1. The fraction of sp³-hybridized carbons (Fsp3) is 0.333. The Morgan fingerprint density at radius 1 is 1.22 bits per heavy atom. The minimum Gasteiger partial charge on any atom is -0.487 e. The molecule has 5 nitrogen and oxygen atoms in total. The fourth-order valence-electron chi connectivity index (χ4n) is 3.07. The normalized spacial score (nSPS) is 14.3. The molecule has 1 aliphatic rings. The number of halogens is 1. The van der Waals surface area contributed by atoms with Gasteiger partial charge in [-0.05, 0) is 38.1 Å². The molecular weight excluding hydrogens is 351 g/mol. The number of ether oxygens (including phenoxy) is 3. The van der Waals surface area contributed by atoms with Crippen molar-refractivity contribution in [3.05, 3.63) is 52.8 Å². The number of carbonyl (C=O) groups excluding carboxylic acids is 2. The molecule has 6 heteroatoms. The van der Waals surface area contributed by atoms with Gasteiger partial charge in [-0.25, -0.2) is 9.18 Å². The molecule has 0 saturated carbocycles. The summed E-state index contributed by atoms with van der Waals surface area (Å²) in [5.74, 6) is -0.275. The van der Waals surface area contributed by atoms with Gasteiger partial charge >= 0.3 is 5.97 Å². The molecular formula is C21H21FO5. The highest BCUT2D eigenvalue weighted by Gasteiger charge is 2.34. The van der Waals surface area contributed by atoms with Gasteiger partial charge in [0, 0.05) is 24.5 Å². The second-order valence-corrected chi connectivity index (χ2v) is 7.00. The SMILES string of the molecule is CCC(=O)c1ccc(Oc2cc(C(=O)OC)cc3c2CC(C)(C)O3)cc1F. The molecule has 1 aliphatic heterocycles. The van der Waals surface area contributed by atoms with Crippen LogP contribution in [0.25, 0.3) is 0 Å². The van der Waals surface area contributed by atoms with Gasteiger partial charge in [-0.15, -0.1) is 0 Å². The Kier molecular flexibility index (Phi) is 4.91. The van der Waals surface area contributed by atoms with E-state index in [0.717, 1.165) is 5.56 Å². The number of rotatable bonds is 5. The van der Waals surface area contributed by atoms with Crippen molar-refractivity contribution in [2.45, 2.75) is 39.2 Å². The van der Waals surface area contributed by atoms with Crippen LogP contribution in [0.2, 0.25) is 0 Å². The number of benzene rings is 2. The maximum absolute atomic E-state index is 14.2. The third kappa shape index (κ3) is 3.79. The van der Waals surface area contributed by atoms with E-state index in [4.69, 9.17) is 14.2 Å². The lowest BCUT2D eigenvalue weighted by molar-refractivity contribution is 0.0599. The van der Waals surface area contributed by atoms with Crippen LogP contribution in [0.3, 0.4) is 0 Å². The number of hydrogen-bond donors (Lipinski definition) is 0. The Labute approximate surface area is 157 Å². The van der Waals surface area contributed by atoms with Crippen LogP contribution in [-0.2, 0) is 11.2 Å². The minimum absolute atomic E-state index is 0.0304. The lowest BCUT2D eigenvalue weighted by atomic mass is 9.99.